The number of benzene rings is 1. The fourth-order valence-electron chi connectivity index (χ4n) is 2.22. The first-order valence-corrected chi connectivity index (χ1v) is 7.47. The number of hydrogen-bond acceptors (Lipinski definition) is 2. The largest absolute Gasteiger partial charge is 0.508 e. The number of aromatic hydroxyl groups is 1. The molecule has 0 bridgehead atoms. The van der Waals surface area contributed by atoms with Crippen molar-refractivity contribution in [2.45, 2.75) is 20.0 Å². The van der Waals surface area contributed by atoms with Gasteiger partial charge in [0.15, 0.2) is 5.96 Å². The van der Waals surface area contributed by atoms with Crippen molar-refractivity contribution >= 4 is 29.9 Å². The summed E-state index contributed by atoms with van der Waals surface area (Å²) in [5, 5.41) is 12.6. The van der Waals surface area contributed by atoms with Crippen molar-refractivity contribution in [2.24, 2.45) is 12.0 Å². The van der Waals surface area contributed by atoms with E-state index in [0.29, 0.717) is 6.54 Å². The molecule has 6 heteroatoms. The third-order valence-corrected chi connectivity index (χ3v) is 3.49. The molecule has 2 N–H and O–H groups in total. The van der Waals surface area contributed by atoms with Crippen LogP contribution < -0.4 is 5.32 Å². The maximum absolute atomic E-state index is 9.32. The van der Waals surface area contributed by atoms with Crippen molar-refractivity contribution in [3.8, 4) is 5.75 Å². The molecular weight excluding hydrogens is 403 g/mol. The maximum Gasteiger partial charge on any atom is 0.194 e. The van der Waals surface area contributed by atoms with E-state index < -0.39 is 0 Å². The SMILES string of the molecule is CCNC(=NCc1ccc(O)cc1)N(C)Cc1cccn1C.I. The molecule has 0 aliphatic heterocycles. The van der Waals surface area contributed by atoms with Crippen molar-refractivity contribution in [3.63, 3.8) is 0 Å². The monoisotopic (exact) mass is 428 g/mol. The van der Waals surface area contributed by atoms with Crippen molar-refractivity contribution in [1.82, 2.24) is 14.8 Å². The number of aromatic nitrogens is 1. The minimum absolute atomic E-state index is 0. The molecule has 1 aromatic heterocycles. The minimum Gasteiger partial charge on any atom is -0.508 e. The highest BCUT2D eigenvalue weighted by Crippen LogP contribution is 2.11. The third-order valence-electron chi connectivity index (χ3n) is 3.49. The molecule has 0 aliphatic carbocycles. The summed E-state index contributed by atoms with van der Waals surface area (Å²) in [7, 11) is 4.08. The Morgan fingerprint density at radius 2 is 1.96 bits per heavy atom. The van der Waals surface area contributed by atoms with Gasteiger partial charge in [-0.05, 0) is 36.8 Å². The second-order valence-electron chi connectivity index (χ2n) is 5.30. The summed E-state index contributed by atoms with van der Waals surface area (Å²) in [6, 6.07) is 11.3. The molecule has 126 valence electrons. The fraction of sp³-hybridized carbons (Fsp3) is 0.353. The zero-order valence-electron chi connectivity index (χ0n) is 13.9. The number of aryl methyl sites for hydroxylation is 1. The lowest BCUT2D eigenvalue weighted by molar-refractivity contribution is 0.462. The van der Waals surface area contributed by atoms with Gasteiger partial charge in [-0.15, -0.1) is 24.0 Å². The topological polar surface area (TPSA) is 52.8 Å². The van der Waals surface area contributed by atoms with Gasteiger partial charge in [-0.3, -0.25) is 0 Å². The van der Waals surface area contributed by atoms with Crippen LogP contribution in [0.25, 0.3) is 0 Å². The summed E-state index contributed by atoms with van der Waals surface area (Å²) >= 11 is 0. The normalized spacial score (nSPS) is 11.0. The van der Waals surface area contributed by atoms with Gasteiger partial charge in [0, 0.05) is 32.5 Å². The number of phenols is 1. The highest BCUT2D eigenvalue weighted by atomic mass is 127. The van der Waals surface area contributed by atoms with E-state index in [1.54, 1.807) is 12.1 Å². The number of phenolic OH excluding ortho intramolecular Hbond substituents is 1. The van der Waals surface area contributed by atoms with E-state index in [9.17, 15) is 5.11 Å². The van der Waals surface area contributed by atoms with Crippen molar-refractivity contribution in [2.75, 3.05) is 13.6 Å². The van der Waals surface area contributed by atoms with Crippen LogP contribution in [0.4, 0.5) is 0 Å². The molecule has 0 unspecified atom stereocenters. The van der Waals surface area contributed by atoms with E-state index in [-0.39, 0.29) is 29.7 Å². The Hall–Kier alpha value is -1.70. The van der Waals surface area contributed by atoms with Crippen molar-refractivity contribution in [3.05, 3.63) is 53.9 Å². The summed E-state index contributed by atoms with van der Waals surface area (Å²) in [5.41, 5.74) is 2.30. The molecule has 0 saturated heterocycles. The van der Waals surface area contributed by atoms with Gasteiger partial charge in [-0.2, -0.15) is 0 Å². The van der Waals surface area contributed by atoms with Crippen LogP contribution in [-0.2, 0) is 20.1 Å². The first kappa shape index (κ1) is 19.3. The number of nitrogens with zero attached hydrogens (tertiary/aromatic N) is 3. The molecule has 0 atom stereocenters. The molecular formula is C17H25IN4O. The Bertz CT molecular complexity index is 622. The van der Waals surface area contributed by atoms with Gasteiger partial charge in [0.2, 0.25) is 0 Å². The average Bonchev–Trinajstić information content (AvgIpc) is 2.90. The van der Waals surface area contributed by atoms with E-state index in [0.717, 1.165) is 24.6 Å². The quantitative estimate of drug-likeness (QED) is 0.438. The second kappa shape index (κ2) is 9.44. The second-order valence-corrected chi connectivity index (χ2v) is 5.30. The number of halogens is 1. The summed E-state index contributed by atoms with van der Waals surface area (Å²) < 4.78 is 2.11. The smallest absolute Gasteiger partial charge is 0.194 e. The summed E-state index contributed by atoms with van der Waals surface area (Å²) in [4.78, 5) is 6.77. The van der Waals surface area contributed by atoms with Crippen LogP contribution in [0.1, 0.15) is 18.2 Å². The number of guanidine groups is 1. The Balaban J connectivity index is 0.00000264. The summed E-state index contributed by atoms with van der Waals surface area (Å²) in [6.45, 7) is 4.27. The molecule has 0 fully saturated rings. The van der Waals surface area contributed by atoms with Crippen LogP contribution in [0.15, 0.2) is 47.6 Å². The van der Waals surface area contributed by atoms with Gasteiger partial charge in [0.1, 0.15) is 5.75 Å². The number of rotatable bonds is 5. The Kier molecular flexibility index (Phi) is 7.94. The molecule has 23 heavy (non-hydrogen) atoms. The Morgan fingerprint density at radius 1 is 1.26 bits per heavy atom. The zero-order valence-corrected chi connectivity index (χ0v) is 16.2. The van der Waals surface area contributed by atoms with Crippen molar-refractivity contribution < 1.29 is 5.11 Å². The van der Waals surface area contributed by atoms with E-state index in [1.165, 1.54) is 5.69 Å². The van der Waals surface area contributed by atoms with Gasteiger partial charge in [0.25, 0.3) is 0 Å². The van der Waals surface area contributed by atoms with E-state index >= 15 is 0 Å². The molecule has 2 rings (SSSR count). The first-order valence-electron chi connectivity index (χ1n) is 7.47. The highest BCUT2D eigenvalue weighted by Gasteiger charge is 2.08. The lowest BCUT2D eigenvalue weighted by Gasteiger charge is -2.22. The van der Waals surface area contributed by atoms with Crippen LogP contribution >= 0.6 is 24.0 Å². The van der Waals surface area contributed by atoms with Crippen LogP contribution in [0.2, 0.25) is 0 Å². The van der Waals surface area contributed by atoms with Crippen LogP contribution in [0.3, 0.4) is 0 Å². The average molecular weight is 428 g/mol. The molecule has 2 aromatic rings. The molecule has 0 amide bonds. The third kappa shape index (κ3) is 5.78. The molecule has 0 aliphatic rings. The Morgan fingerprint density at radius 3 is 2.52 bits per heavy atom. The molecule has 1 heterocycles. The Labute approximate surface area is 155 Å². The van der Waals surface area contributed by atoms with E-state index in [4.69, 9.17) is 0 Å². The molecule has 0 saturated carbocycles. The minimum atomic E-state index is 0. The highest BCUT2D eigenvalue weighted by molar-refractivity contribution is 14.0. The number of aliphatic imine (C=N–C) groups is 1. The molecule has 0 radical (unpaired) electrons. The lowest BCUT2D eigenvalue weighted by Crippen LogP contribution is -2.38. The first-order chi connectivity index (χ1) is 10.6. The van der Waals surface area contributed by atoms with Gasteiger partial charge in [0.05, 0.1) is 13.1 Å². The fourth-order valence-corrected chi connectivity index (χ4v) is 2.22. The predicted molar refractivity (Wildman–Crippen MR) is 105 cm³/mol. The standard InChI is InChI=1S/C17H24N4O.HI/c1-4-18-17(19-12-14-7-9-16(22)10-8-14)21(3)13-15-6-5-11-20(15)2;/h5-11,22H,4,12-13H2,1-3H3,(H,18,19);1H. The molecule has 0 spiro atoms. The van der Waals surface area contributed by atoms with Gasteiger partial charge in [-0.25, -0.2) is 4.99 Å². The summed E-state index contributed by atoms with van der Waals surface area (Å²) in [6.07, 6.45) is 2.05. The number of hydrogen-bond donors (Lipinski definition) is 2. The van der Waals surface area contributed by atoms with Gasteiger partial charge in [-0.1, -0.05) is 12.1 Å². The molecule has 5 nitrogen and oxygen atoms in total. The number of nitrogens with one attached hydrogen (secondary N) is 1. The van der Waals surface area contributed by atoms with Crippen LogP contribution in [0.5, 0.6) is 5.75 Å². The zero-order chi connectivity index (χ0) is 15.9. The predicted octanol–water partition coefficient (Wildman–Crippen LogP) is 2.95. The van der Waals surface area contributed by atoms with Crippen molar-refractivity contribution in [1.29, 1.82) is 0 Å². The van der Waals surface area contributed by atoms with Crippen LogP contribution in [0, 0.1) is 0 Å². The van der Waals surface area contributed by atoms with E-state index in [2.05, 4.69) is 32.8 Å². The maximum atomic E-state index is 9.32. The molecule has 1 aromatic carbocycles. The van der Waals surface area contributed by atoms with E-state index in [1.807, 2.05) is 38.5 Å². The summed E-state index contributed by atoms with van der Waals surface area (Å²) in [5.74, 6) is 1.15. The van der Waals surface area contributed by atoms with Gasteiger partial charge >= 0.3 is 0 Å². The van der Waals surface area contributed by atoms with Crippen LogP contribution in [-0.4, -0.2) is 34.1 Å². The van der Waals surface area contributed by atoms with Gasteiger partial charge < -0.3 is 19.9 Å². The lowest BCUT2D eigenvalue weighted by atomic mass is 10.2.